The maximum atomic E-state index is 13.5. The number of rotatable bonds is 3. The number of anilines is 1. The van der Waals surface area contributed by atoms with Crippen LogP contribution in [-0.4, -0.2) is 10.9 Å². The quantitative estimate of drug-likeness (QED) is 0.524. The number of nitrogens with zero attached hydrogens (tertiary/aromatic N) is 1. The Bertz CT molecular complexity index is 982. The van der Waals surface area contributed by atoms with Crippen molar-refractivity contribution in [1.82, 2.24) is 4.98 Å². The van der Waals surface area contributed by atoms with E-state index in [1.54, 1.807) is 6.07 Å². The largest absolute Gasteiger partial charge is 0.417 e. The van der Waals surface area contributed by atoms with Crippen LogP contribution in [-0.2, 0) is 12.4 Å². The van der Waals surface area contributed by atoms with Crippen molar-refractivity contribution in [3.8, 4) is 10.6 Å². The molecule has 0 radical (unpaired) electrons. The Morgan fingerprint density at radius 1 is 0.964 bits per heavy atom. The summed E-state index contributed by atoms with van der Waals surface area (Å²) in [6.07, 6.45) is -8.90. The van der Waals surface area contributed by atoms with Gasteiger partial charge in [-0.3, -0.25) is 4.79 Å². The zero-order valence-electron chi connectivity index (χ0n) is 13.7. The number of nitrogens with one attached hydrogen (secondary N) is 1. The van der Waals surface area contributed by atoms with Crippen LogP contribution in [0.25, 0.3) is 10.6 Å². The molecule has 3 rings (SSSR count). The zero-order valence-corrected chi connectivity index (χ0v) is 14.5. The average Bonchev–Trinajstić information content (AvgIpc) is 3.14. The van der Waals surface area contributed by atoms with Crippen LogP contribution in [0.4, 0.5) is 32.0 Å². The van der Waals surface area contributed by atoms with Crippen molar-refractivity contribution in [2.45, 2.75) is 12.4 Å². The topological polar surface area (TPSA) is 42.0 Å². The van der Waals surface area contributed by atoms with Gasteiger partial charge >= 0.3 is 12.4 Å². The summed E-state index contributed by atoms with van der Waals surface area (Å²) in [7, 11) is 0. The van der Waals surface area contributed by atoms with Crippen LogP contribution in [0.2, 0.25) is 0 Å². The Balaban J connectivity index is 2.22. The number of hydrogen-bond donors (Lipinski definition) is 1. The van der Waals surface area contributed by atoms with E-state index in [9.17, 15) is 31.1 Å². The molecule has 0 saturated heterocycles. The Labute approximate surface area is 158 Å². The standard InChI is InChI=1S/C18H10F6N2OS/c19-17(20,21)11-8-12(18(22,23)24)14(16-25-6-7-28-16)13(9-11)26-15(27)10-4-2-1-3-5-10/h1-9H,(H,26,27). The molecule has 0 aliphatic rings. The van der Waals surface area contributed by atoms with Crippen LogP contribution in [0.3, 0.4) is 0 Å². The lowest BCUT2D eigenvalue weighted by Gasteiger charge is -2.19. The fourth-order valence-corrected chi connectivity index (χ4v) is 3.20. The van der Waals surface area contributed by atoms with Gasteiger partial charge < -0.3 is 5.32 Å². The van der Waals surface area contributed by atoms with Crippen LogP contribution >= 0.6 is 11.3 Å². The first-order valence-corrected chi connectivity index (χ1v) is 8.54. The number of alkyl halides is 6. The van der Waals surface area contributed by atoms with Crippen molar-refractivity contribution in [2.24, 2.45) is 0 Å². The molecule has 1 heterocycles. The van der Waals surface area contributed by atoms with Gasteiger partial charge in [-0.2, -0.15) is 26.3 Å². The average molecular weight is 416 g/mol. The van der Waals surface area contributed by atoms with Crippen molar-refractivity contribution < 1.29 is 31.1 Å². The second kappa shape index (κ2) is 7.27. The molecule has 0 aliphatic carbocycles. The number of hydrogen-bond acceptors (Lipinski definition) is 3. The number of aromatic nitrogens is 1. The molecule has 28 heavy (non-hydrogen) atoms. The van der Waals surface area contributed by atoms with Crippen LogP contribution in [0.15, 0.2) is 54.0 Å². The summed E-state index contributed by atoms with van der Waals surface area (Å²) in [6, 6.07) is 7.92. The smallest absolute Gasteiger partial charge is 0.321 e. The molecule has 0 fully saturated rings. The van der Waals surface area contributed by atoms with Crippen molar-refractivity contribution in [3.05, 3.63) is 70.7 Å². The Kier molecular flexibility index (Phi) is 5.16. The van der Waals surface area contributed by atoms with Crippen molar-refractivity contribution in [1.29, 1.82) is 0 Å². The minimum atomic E-state index is -5.09. The molecule has 3 nitrogen and oxygen atoms in total. The van der Waals surface area contributed by atoms with E-state index in [0.717, 1.165) is 11.3 Å². The van der Waals surface area contributed by atoms with E-state index in [1.807, 2.05) is 0 Å². The summed E-state index contributed by atoms with van der Waals surface area (Å²) in [4.78, 5) is 16.1. The molecule has 0 atom stereocenters. The number of amides is 1. The van der Waals surface area contributed by atoms with E-state index >= 15 is 0 Å². The molecular weight excluding hydrogens is 406 g/mol. The molecule has 0 unspecified atom stereocenters. The summed E-state index contributed by atoms with van der Waals surface area (Å²) < 4.78 is 80.2. The van der Waals surface area contributed by atoms with E-state index in [1.165, 1.54) is 35.8 Å². The maximum Gasteiger partial charge on any atom is 0.417 e. The van der Waals surface area contributed by atoms with Gasteiger partial charge in [-0.05, 0) is 24.3 Å². The number of carbonyl (C=O) groups excluding carboxylic acids is 1. The highest BCUT2D eigenvalue weighted by atomic mass is 32.1. The van der Waals surface area contributed by atoms with E-state index in [0.29, 0.717) is 6.07 Å². The first-order chi connectivity index (χ1) is 13.1. The van der Waals surface area contributed by atoms with Crippen LogP contribution in [0.5, 0.6) is 0 Å². The van der Waals surface area contributed by atoms with Crippen molar-refractivity contribution in [3.63, 3.8) is 0 Å². The van der Waals surface area contributed by atoms with Gasteiger partial charge in [0.2, 0.25) is 0 Å². The molecule has 146 valence electrons. The highest BCUT2D eigenvalue weighted by Crippen LogP contribution is 2.45. The minimum absolute atomic E-state index is 0.0227. The van der Waals surface area contributed by atoms with Gasteiger partial charge in [0.05, 0.1) is 16.8 Å². The number of carbonyl (C=O) groups is 1. The van der Waals surface area contributed by atoms with Gasteiger partial charge in [-0.15, -0.1) is 11.3 Å². The Morgan fingerprint density at radius 2 is 1.64 bits per heavy atom. The molecule has 0 spiro atoms. The van der Waals surface area contributed by atoms with Crippen LogP contribution in [0.1, 0.15) is 21.5 Å². The first kappa shape index (κ1) is 19.9. The Hall–Kier alpha value is -2.88. The molecule has 10 heteroatoms. The summed E-state index contributed by atoms with van der Waals surface area (Å²) in [5.41, 5.74) is -4.20. The van der Waals surface area contributed by atoms with Gasteiger partial charge in [0.25, 0.3) is 5.91 Å². The molecule has 0 bridgehead atoms. The molecular formula is C18H10F6N2OS. The number of thiazole rings is 1. The highest BCUT2D eigenvalue weighted by Gasteiger charge is 2.40. The third kappa shape index (κ3) is 4.16. The highest BCUT2D eigenvalue weighted by molar-refractivity contribution is 7.13. The van der Waals surface area contributed by atoms with Gasteiger partial charge in [-0.1, -0.05) is 18.2 Å². The lowest BCUT2D eigenvalue weighted by Crippen LogP contribution is -2.18. The van der Waals surface area contributed by atoms with E-state index in [-0.39, 0.29) is 16.6 Å². The van der Waals surface area contributed by atoms with Crippen molar-refractivity contribution in [2.75, 3.05) is 5.32 Å². The van der Waals surface area contributed by atoms with E-state index in [4.69, 9.17) is 0 Å². The SMILES string of the molecule is O=C(Nc1cc(C(F)(F)F)cc(C(F)(F)F)c1-c1nccs1)c1ccccc1. The molecule has 3 aromatic rings. The molecule has 1 aromatic heterocycles. The van der Waals surface area contributed by atoms with E-state index in [2.05, 4.69) is 10.3 Å². The molecule has 2 aromatic carbocycles. The number of benzene rings is 2. The fraction of sp³-hybridized carbons (Fsp3) is 0.111. The monoisotopic (exact) mass is 416 g/mol. The van der Waals surface area contributed by atoms with Gasteiger partial charge in [-0.25, -0.2) is 4.98 Å². The lowest BCUT2D eigenvalue weighted by molar-refractivity contribution is -0.142. The van der Waals surface area contributed by atoms with E-state index < -0.39 is 40.6 Å². The van der Waals surface area contributed by atoms with Gasteiger partial charge in [0.1, 0.15) is 5.01 Å². The fourth-order valence-electron chi connectivity index (χ4n) is 2.49. The van der Waals surface area contributed by atoms with Gasteiger partial charge in [0.15, 0.2) is 0 Å². The summed E-state index contributed by atoms with van der Waals surface area (Å²) in [5.74, 6) is -0.842. The third-order valence-corrected chi connectivity index (χ3v) is 4.49. The van der Waals surface area contributed by atoms with Gasteiger partial charge in [0, 0.05) is 22.7 Å². The molecule has 0 saturated carbocycles. The number of halogens is 6. The second-order valence-corrected chi connectivity index (χ2v) is 6.49. The maximum absolute atomic E-state index is 13.5. The normalized spacial score (nSPS) is 12.1. The predicted octanol–water partition coefficient (Wildman–Crippen LogP) is 6.10. The predicted molar refractivity (Wildman–Crippen MR) is 91.9 cm³/mol. The van der Waals surface area contributed by atoms with Crippen LogP contribution in [0, 0.1) is 0 Å². The summed E-state index contributed by atoms with van der Waals surface area (Å²) in [5, 5.41) is 3.39. The van der Waals surface area contributed by atoms with Crippen molar-refractivity contribution >= 4 is 22.9 Å². The zero-order chi connectivity index (χ0) is 20.5. The summed E-state index contributed by atoms with van der Waals surface area (Å²) >= 11 is 0.813. The lowest BCUT2D eigenvalue weighted by atomic mass is 10.00. The molecule has 1 amide bonds. The minimum Gasteiger partial charge on any atom is -0.321 e. The summed E-state index contributed by atoms with van der Waals surface area (Å²) in [6.45, 7) is 0. The first-order valence-electron chi connectivity index (χ1n) is 7.66. The molecule has 1 N–H and O–H groups in total. The third-order valence-electron chi connectivity index (χ3n) is 3.70. The molecule has 0 aliphatic heterocycles. The Morgan fingerprint density at radius 3 is 2.18 bits per heavy atom. The van der Waals surface area contributed by atoms with Crippen LogP contribution < -0.4 is 5.32 Å². The second-order valence-electron chi connectivity index (χ2n) is 5.60.